The van der Waals surface area contributed by atoms with Gasteiger partial charge in [0.1, 0.15) is 0 Å². The fourth-order valence-corrected chi connectivity index (χ4v) is 17.1. The van der Waals surface area contributed by atoms with Crippen molar-refractivity contribution in [2.75, 3.05) is 6.61 Å². The molecule has 6 bridgehead atoms. The lowest BCUT2D eigenvalue weighted by atomic mass is 9.56. The van der Waals surface area contributed by atoms with E-state index in [1.54, 1.807) is 0 Å². The second-order valence-corrected chi connectivity index (χ2v) is 25.2. The molecule has 0 aromatic carbocycles. The quantitative estimate of drug-likeness (QED) is 0.150. The van der Waals surface area contributed by atoms with Gasteiger partial charge in [0.2, 0.25) is 23.7 Å². The van der Waals surface area contributed by atoms with Crippen LogP contribution >= 0.6 is 0 Å². The summed E-state index contributed by atoms with van der Waals surface area (Å²) in [6, 6.07) is 0. The highest BCUT2D eigenvalue weighted by Crippen LogP contribution is 2.64. The van der Waals surface area contributed by atoms with E-state index < -0.39 is 71.3 Å². The Balaban J connectivity index is 0.747. The molecule has 12 aliphatic heterocycles. The molecule has 0 amide bonds. The molecule has 3 spiro atoms. The molecule has 3 unspecified atom stereocenters. The van der Waals surface area contributed by atoms with Gasteiger partial charge in [-0.15, -0.1) is 0 Å². The second-order valence-electron chi connectivity index (χ2n) is 25.2. The lowest BCUT2D eigenvalue weighted by Gasteiger charge is -2.61. The molecule has 0 radical (unpaired) electrons. The zero-order chi connectivity index (χ0) is 48.0. The third-order valence-electron chi connectivity index (χ3n) is 21.1. The largest absolute Gasteiger partial charge is 0.465 e. The summed E-state index contributed by atoms with van der Waals surface area (Å²) < 4.78 is 53.0. The minimum atomic E-state index is -0.939. The van der Waals surface area contributed by atoms with Crippen LogP contribution in [0.25, 0.3) is 0 Å². The van der Waals surface area contributed by atoms with Gasteiger partial charge >= 0.3 is 11.9 Å². The standard InChI is InChI=1S/C53H80O16/c1-27-10-13-37-30(4)40(57-45-51(37)34(27)18-21-48(7,61-45)64-67-51)24-33(25-41-31(5)38-14-11-28(2)35-19-22-49(8)62-46(58-41)52(35,38)68-65-49)26-56-42(54)16-17-43(55)59-44-32(6)39-15-12-29(3)36-20-23-50(9)63-47(60-44)53(36,39)69-66-50/h27-41,44-47H,10-26H2,1-9H3/t27-,28-,29-,30-,31-,32-,33?,34+,35+,36+,37+,38+,39+,40-,41-,44-,45-,46-,47-,48?,49?,50?,51-,52-,53-/m1/s1. The highest BCUT2D eigenvalue weighted by molar-refractivity contribution is 5.77. The van der Waals surface area contributed by atoms with Crippen LogP contribution in [0.5, 0.6) is 0 Å². The Labute approximate surface area is 407 Å². The summed E-state index contributed by atoms with van der Waals surface area (Å²) in [7, 11) is 0. The number of carbonyl (C=O) groups is 2. The molecule has 69 heavy (non-hydrogen) atoms. The van der Waals surface area contributed by atoms with Gasteiger partial charge in [0, 0.05) is 42.9 Å². The molecule has 15 rings (SSSR count). The van der Waals surface area contributed by atoms with Crippen molar-refractivity contribution < 1.29 is 76.8 Å². The first-order chi connectivity index (χ1) is 32.9. The molecule has 24 atom stereocenters. The van der Waals surface area contributed by atoms with E-state index in [1.165, 1.54) is 0 Å². The highest BCUT2D eigenvalue weighted by Gasteiger charge is 2.73. The lowest BCUT2D eigenvalue weighted by Crippen LogP contribution is -2.70. The van der Waals surface area contributed by atoms with Gasteiger partial charge in [-0.2, -0.15) is 0 Å². The summed E-state index contributed by atoms with van der Waals surface area (Å²) >= 11 is 0. The van der Waals surface area contributed by atoms with Gasteiger partial charge in [0.25, 0.3) is 0 Å². The van der Waals surface area contributed by atoms with Gasteiger partial charge in [-0.3, -0.25) is 9.59 Å². The van der Waals surface area contributed by atoms with Crippen LogP contribution in [0.3, 0.4) is 0 Å². The molecule has 12 heterocycles. The average molecular weight is 973 g/mol. The van der Waals surface area contributed by atoms with Crippen LogP contribution in [0.1, 0.15) is 165 Å². The van der Waals surface area contributed by atoms with E-state index >= 15 is 0 Å². The van der Waals surface area contributed by atoms with Crippen LogP contribution < -0.4 is 0 Å². The van der Waals surface area contributed by atoms with E-state index in [0.717, 1.165) is 70.6 Å². The maximum absolute atomic E-state index is 13.8. The summed E-state index contributed by atoms with van der Waals surface area (Å²) in [4.78, 5) is 64.9. The van der Waals surface area contributed by atoms with Gasteiger partial charge in [-0.05, 0) is 145 Å². The minimum Gasteiger partial charge on any atom is -0.465 e. The first-order valence-electron chi connectivity index (χ1n) is 27.3. The van der Waals surface area contributed by atoms with E-state index in [1.807, 2.05) is 27.7 Å². The fourth-order valence-electron chi connectivity index (χ4n) is 17.1. The highest BCUT2D eigenvalue weighted by atomic mass is 17.3. The Morgan fingerprint density at radius 2 is 0.870 bits per heavy atom. The van der Waals surface area contributed by atoms with Crippen molar-refractivity contribution in [2.24, 2.45) is 76.9 Å². The summed E-state index contributed by atoms with van der Waals surface area (Å²) in [5.41, 5.74) is -2.12. The minimum absolute atomic E-state index is 0.00947. The molecule has 12 saturated heterocycles. The summed E-state index contributed by atoms with van der Waals surface area (Å²) in [5.74, 6) is -1.43. The number of ether oxygens (including phenoxy) is 8. The van der Waals surface area contributed by atoms with E-state index in [-0.39, 0.29) is 90.8 Å². The molecule has 15 fully saturated rings. The topological polar surface area (TPSA) is 163 Å². The van der Waals surface area contributed by atoms with E-state index in [4.69, 9.17) is 67.2 Å². The normalized spacial score (nSPS) is 56.1. The molecule has 3 saturated carbocycles. The summed E-state index contributed by atoms with van der Waals surface area (Å²) in [6.45, 7) is 19.5. The first-order valence-corrected chi connectivity index (χ1v) is 27.3. The fraction of sp³-hybridized carbons (Fsp3) is 0.962. The van der Waals surface area contributed by atoms with Crippen molar-refractivity contribution >= 4 is 11.9 Å². The molecule has 3 aliphatic carbocycles. The third-order valence-corrected chi connectivity index (χ3v) is 21.1. The molecule has 16 heteroatoms. The van der Waals surface area contributed by atoms with Crippen LogP contribution in [-0.2, 0) is 76.8 Å². The van der Waals surface area contributed by atoms with Crippen molar-refractivity contribution in [1.82, 2.24) is 0 Å². The van der Waals surface area contributed by atoms with Gasteiger partial charge < -0.3 is 37.9 Å². The average Bonchev–Trinajstić information content (AvgIpc) is 3.80. The van der Waals surface area contributed by atoms with Crippen molar-refractivity contribution in [1.29, 1.82) is 0 Å². The zero-order valence-electron chi connectivity index (χ0n) is 42.5. The van der Waals surface area contributed by atoms with Crippen LogP contribution in [-0.4, -0.2) is 90.1 Å². The lowest BCUT2D eigenvalue weighted by molar-refractivity contribution is -0.576. The number of esters is 2. The Bertz CT molecular complexity index is 1890. The molecular weight excluding hydrogens is 893 g/mol. The summed E-state index contributed by atoms with van der Waals surface area (Å²) in [6.07, 6.45) is 8.90. The monoisotopic (exact) mass is 973 g/mol. The Kier molecular flexibility index (Phi) is 12.1. The molecule has 0 N–H and O–H groups in total. The van der Waals surface area contributed by atoms with Crippen molar-refractivity contribution in [3.05, 3.63) is 0 Å². The van der Waals surface area contributed by atoms with E-state index in [9.17, 15) is 9.59 Å². The maximum atomic E-state index is 13.8. The van der Waals surface area contributed by atoms with Gasteiger partial charge in [0.05, 0.1) is 31.7 Å². The number of rotatable bonds is 10. The van der Waals surface area contributed by atoms with Crippen molar-refractivity contribution in [2.45, 2.75) is 237 Å². The van der Waals surface area contributed by atoms with Gasteiger partial charge in [0.15, 0.2) is 35.7 Å². The van der Waals surface area contributed by atoms with Crippen molar-refractivity contribution in [3.63, 3.8) is 0 Å². The molecule has 0 aromatic rings. The van der Waals surface area contributed by atoms with Gasteiger partial charge in [-0.1, -0.05) is 41.5 Å². The zero-order valence-corrected chi connectivity index (χ0v) is 42.5. The summed E-state index contributed by atoms with van der Waals surface area (Å²) in [5, 5.41) is 0. The van der Waals surface area contributed by atoms with Crippen LogP contribution in [0.15, 0.2) is 0 Å². The predicted octanol–water partition coefficient (Wildman–Crippen LogP) is 8.96. The molecule has 16 nitrogen and oxygen atoms in total. The Hall–Kier alpha value is -1.54. The number of hydrogen-bond donors (Lipinski definition) is 0. The van der Waals surface area contributed by atoms with Crippen molar-refractivity contribution in [3.8, 4) is 0 Å². The third kappa shape index (κ3) is 7.53. The van der Waals surface area contributed by atoms with Gasteiger partial charge in [-0.25, -0.2) is 29.3 Å². The SMILES string of the molecule is C[C@H]1[C@H](OC(=O)CCC(=O)OCC(C[C@H]2O[C@@H]3OC4(C)CC[C@H]5[C@H](C)CC[C@@H]([C@H]2C)[C@@]35OO4)C[C@H]2O[C@@H]3OC4(C)CC[C@H]5[C@H](C)CC[C@@H]([C@H]2C)[C@@]35OO4)O[C@@H]2OC3(C)CC[C@H]4[C@H](C)CC[C@@H]1[C@@]24OO3. The van der Waals surface area contributed by atoms with Crippen LogP contribution in [0.2, 0.25) is 0 Å². The molecule has 0 aromatic heterocycles. The van der Waals surface area contributed by atoms with E-state index in [2.05, 4.69) is 34.6 Å². The Morgan fingerprint density at radius 3 is 1.30 bits per heavy atom. The molecule has 388 valence electrons. The van der Waals surface area contributed by atoms with Crippen LogP contribution in [0.4, 0.5) is 0 Å². The number of carbonyl (C=O) groups excluding carboxylic acids is 2. The smallest absolute Gasteiger partial charge is 0.308 e. The maximum Gasteiger partial charge on any atom is 0.308 e. The Morgan fingerprint density at radius 1 is 0.478 bits per heavy atom. The first kappa shape index (κ1) is 48.4. The number of hydrogen-bond acceptors (Lipinski definition) is 16. The predicted molar refractivity (Wildman–Crippen MR) is 239 cm³/mol. The molecule has 15 aliphatic rings. The van der Waals surface area contributed by atoms with Crippen LogP contribution in [0, 0.1) is 76.9 Å². The number of fused-ring (bicyclic) bond motifs is 6. The molecular formula is C53H80O16. The van der Waals surface area contributed by atoms with E-state index in [0.29, 0.717) is 37.0 Å². The second kappa shape index (κ2) is 17.3.